The van der Waals surface area contributed by atoms with Crippen molar-refractivity contribution >= 4 is 11.4 Å². The molecule has 2 N–H and O–H groups in total. The molecule has 1 aromatic heterocycles. The van der Waals surface area contributed by atoms with Crippen LogP contribution in [-0.2, 0) is 6.54 Å². The van der Waals surface area contributed by atoms with Gasteiger partial charge in [-0.3, -0.25) is 4.98 Å². The molecule has 1 heterocycles. The van der Waals surface area contributed by atoms with Crippen LogP contribution in [0.15, 0.2) is 30.3 Å². The first-order chi connectivity index (χ1) is 9.02. The fourth-order valence-electron chi connectivity index (χ4n) is 2.21. The van der Waals surface area contributed by atoms with E-state index in [2.05, 4.69) is 4.98 Å². The minimum absolute atomic E-state index is 0.249. The molecule has 0 atom stereocenters. The maximum atomic E-state index is 13.3. The summed E-state index contributed by atoms with van der Waals surface area (Å²) in [4.78, 5) is 6.36. The number of benzene rings is 1. The third kappa shape index (κ3) is 2.74. The zero-order valence-electron chi connectivity index (χ0n) is 11.4. The van der Waals surface area contributed by atoms with Crippen molar-refractivity contribution in [3.05, 3.63) is 53.1 Å². The summed E-state index contributed by atoms with van der Waals surface area (Å²) in [5, 5.41) is 0. The van der Waals surface area contributed by atoms with Crippen LogP contribution in [0.3, 0.4) is 0 Å². The lowest BCUT2D eigenvalue weighted by Gasteiger charge is -2.23. The van der Waals surface area contributed by atoms with Gasteiger partial charge in [0.25, 0.3) is 0 Å². The molecule has 0 radical (unpaired) electrons. The minimum Gasteiger partial charge on any atom is -0.344 e. The number of nitrogens with two attached hydrogens (primary N) is 1. The van der Waals surface area contributed by atoms with Crippen LogP contribution in [0.4, 0.5) is 15.8 Å². The standard InChI is InChI=1S/C15H18FN3/c1-10-7-15(14(9-17)11(2)18-10)19(3)13-6-4-5-12(16)8-13/h4-8H,9,17H2,1-3H3. The molecule has 4 heteroatoms. The maximum Gasteiger partial charge on any atom is 0.125 e. The van der Waals surface area contributed by atoms with Gasteiger partial charge in [0.1, 0.15) is 5.82 Å². The molecule has 3 nitrogen and oxygen atoms in total. The zero-order valence-corrected chi connectivity index (χ0v) is 11.4. The van der Waals surface area contributed by atoms with Crippen molar-refractivity contribution in [2.75, 3.05) is 11.9 Å². The third-order valence-electron chi connectivity index (χ3n) is 3.20. The lowest BCUT2D eigenvalue weighted by molar-refractivity contribution is 0.628. The van der Waals surface area contributed by atoms with Crippen LogP contribution < -0.4 is 10.6 Å². The van der Waals surface area contributed by atoms with E-state index < -0.39 is 0 Å². The van der Waals surface area contributed by atoms with Gasteiger partial charge in [-0.05, 0) is 38.1 Å². The molecule has 0 saturated heterocycles. The molecule has 0 fully saturated rings. The summed E-state index contributed by atoms with van der Waals surface area (Å²) >= 11 is 0. The Morgan fingerprint density at radius 1 is 1.26 bits per heavy atom. The van der Waals surface area contributed by atoms with Crippen molar-refractivity contribution in [1.82, 2.24) is 4.98 Å². The molecule has 0 unspecified atom stereocenters. The van der Waals surface area contributed by atoms with Gasteiger partial charge >= 0.3 is 0 Å². The van der Waals surface area contributed by atoms with E-state index in [0.29, 0.717) is 6.54 Å². The van der Waals surface area contributed by atoms with Crippen LogP contribution in [0.25, 0.3) is 0 Å². The molecule has 0 aliphatic rings. The number of anilines is 2. The molecule has 19 heavy (non-hydrogen) atoms. The quantitative estimate of drug-likeness (QED) is 0.921. The first kappa shape index (κ1) is 13.5. The summed E-state index contributed by atoms with van der Waals surface area (Å²) in [5.41, 5.74) is 10.4. The molecule has 2 aromatic rings. The van der Waals surface area contributed by atoms with E-state index >= 15 is 0 Å². The molecule has 2 rings (SSSR count). The lowest BCUT2D eigenvalue weighted by atomic mass is 10.1. The number of halogens is 1. The molecule has 1 aromatic carbocycles. The van der Waals surface area contributed by atoms with Gasteiger partial charge in [0.2, 0.25) is 0 Å². The number of pyridine rings is 1. The second-order valence-corrected chi connectivity index (χ2v) is 4.59. The van der Waals surface area contributed by atoms with Crippen molar-refractivity contribution in [3.8, 4) is 0 Å². The monoisotopic (exact) mass is 259 g/mol. The number of hydrogen-bond donors (Lipinski definition) is 1. The van der Waals surface area contributed by atoms with E-state index in [1.54, 1.807) is 6.07 Å². The second kappa shape index (κ2) is 5.36. The Kier molecular flexibility index (Phi) is 3.81. The number of rotatable bonds is 3. The molecule has 0 amide bonds. The van der Waals surface area contributed by atoms with E-state index in [1.165, 1.54) is 12.1 Å². The fraction of sp³-hybridized carbons (Fsp3) is 0.267. The summed E-state index contributed by atoms with van der Waals surface area (Å²) < 4.78 is 13.3. The summed E-state index contributed by atoms with van der Waals surface area (Å²) in [7, 11) is 1.90. The highest BCUT2D eigenvalue weighted by atomic mass is 19.1. The highest BCUT2D eigenvalue weighted by Gasteiger charge is 2.12. The smallest absolute Gasteiger partial charge is 0.125 e. The second-order valence-electron chi connectivity index (χ2n) is 4.59. The molecular weight excluding hydrogens is 241 g/mol. The lowest BCUT2D eigenvalue weighted by Crippen LogP contribution is -2.15. The topological polar surface area (TPSA) is 42.1 Å². The Hall–Kier alpha value is -1.94. The Morgan fingerprint density at radius 2 is 2.00 bits per heavy atom. The summed E-state index contributed by atoms with van der Waals surface area (Å²) in [5.74, 6) is -0.249. The number of nitrogens with zero attached hydrogens (tertiary/aromatic N) is 2. The van der Waals surface area contributed by atoms with Gasteiger partial charge in [-0.1, -0.05) is 6.07 Å². The van der Waals surface area contributed by atoms with Gasteiger partial charge in [0.05, 0.1) is 0 Å². The van der Waals surface area contributed by atoms with Crippen molar-refractivity contribution < 1.29 is 4.39 Å². The van der Waals surface area contributed by atoms with E-state index in [9.17, 15) is 4.39 Å². The van der Waals surface area contributed by atoms with Crippen LogP contribution in [0.5, 0.6) is 0 Å². The van der Waals surface area contributed by atoms with Crippen molar-refractivity contribution in [2.45, 2.75) is 20.4 Å². The van der Waals surface area contributed by atoms with Crippen LogP contribution in [-0.4, -0.2) is 12.0 Å². The SMILES string of the molecule is Cc1cc(N(C)c2cccc(F)c2)c(CN)c(C)n1. The van der Waals surface area contributed by atoms with Crippen LogP contribution in [0.2, 0.25) is 0 Å². The number of hydrogen-bond acceptors (Lipinski definition) is 3. The van der Waals surface area contributed by atoms with Gasteiger partial charge in [0.15, 0.2) is 0 Å². The Balaban J connectivity index is 2.52. The normalized spacial score (nSPS) is 10.6. The summed E-state index contributed by atoms with van der Waals surface area (Å²) in [6, 6.07) is 8.48. The predicted molar refractivity (Wildman–Crippen MR) is 76.1 cm³/mol. The van der Waals surface area contributed by atoms with E-state index in [-0.39, 0.29) is 5.82 Å². The van der Waals surface area contributed by atoms with Crippen molar-refractivity contribution in [3.63, 3.8) is 0 Å². The molecule has 0 bridgehead atoms. The highest BCUT2D eigenvalue weighted by Crippen LogP contribution is 2.29. The Morgan fingerprint density at radius 3 is 2.63 bits per heavy atom. The third-order valence-corrected chi connectivity index (χ3v) is 3.20. The van der Waals surface area contributed by atoms with Crippen LogP contribution in [0, 0.1) is 19.7 Å². The van der Waals surface area contributed by atoms with Crippen LogP contribution >= 0.6 is 0 Å². The van der Waals surface area contributed by atoms with E-state index in [4.69, 9.17) is 5.73 Å². The molecule has 0 spiro atoms. The van der Waals surface area contributed by atoms with Crippen molar-refractivity contribution in [2.24, 2.45) is 5.73 Å². The van der Waals surface area contributed by atoms with Crippen LogP contribution in [0.1, 0.15) is 17.0 Å². The first-order valence-electron chi connectivity index (χ1n) is 6.19. The first-order valence-corrected chi connectivity index (χ1v) is 6.19. The van der Waals surface area contributed by atoms with E-state index in [1.807, 2.05) is 37.9 Å². The largest absolute Gasteiger partial charge is 0.344 e. The zero-order chi connectivity index (χ0) is 14.0. The van der Waals surface area contributed by atoms with Gasteiger partial charge < -0.3 is 10.6 Å². The molecule has 0 aliphatic carbocycles. The Bertz CT molecular complexity index is 596. The van der Waals surface area contributed by atoms with E-state index in [0.717, 1.165) is 28.3 Å². The molecule has 0 aliphatic heterocycles. The minimum atomic E-state index is -0.249. The predicted octanol–water partition coefficient (Wildman–Crippen LogP) is 3.06. The van der Waals surface area contributed by atoms with Crippen molar-refractivity contribution in [1.29, 1.82) is 0 Å². The average molecular weight is 259 g/mol. The van der Waals surface area contributed by atoms with Gasteiger partial charge in [-0.25, -0.2) is 4.39 Å². The maximum absolute atomic E-state index is 13.3. The molecule has 100 valence electrons. The fourth-order valence-corrected chi connectivity index (χ4v) is 2.21. The number of aryl methyl sites for hydroxylation is 2. The van der Waals surface area contributed by atoms with Gasteiger partial charge in [-0.15, -0.1) is 0 Å². The van der Waals surface area contributed by atoms with Gasteiger partial charge in [0, 0.05) is 41.9 Å². The number of aromatic nitrogens is 1. The highest BCUT2D eigenvalue weighted by molar-refractivity contribution is 5.66. The molecular formula is C15H18FN3. The average Bonchev–Trinajstić information content (AvgIpc) is 2.37. The Labute approximate surface area is 112 Å². The van der Waals surface area contributed by atoms with Gasteiger partial charge in [-0.2, -0.15) is 0 Å². The molecule has 0 saturated carbocycles. The summed E-state index contributed by atoms with van der Waals surface area (Å²) in [6.07, 6.45) is 0. The summed E-state index contributed by atoms with van der Waals surface area (Å²) in [6.45, 7) is 4.29.